The molecule has 1 rings (SSSR count). The van der Waals surface area contributed by atoms with Gasteiger partial charge in [0.15, 0.2) is 6.29 Å². The van der Waals surface area contributed by atoms with Gasteiger partial charge in [0.25, 0.3) is 0 Å². The van der Waals surface area contributed by atoms with Crippen molar-refractivity contribution in [3.63, 3.8) is 0 Å². The summed E-state index contributed by atoms with van der Waals surface area (Å²) < 4.78 is 16.8. The third kappa shape index (κ3) is 60.1. The van der Waals surface area contributed by atoms with E-state index < -0.39 is 49.5 Å². The highest BCUT2D eigenvalue weighted by Gasteiger charge is 2.44. The maximum atomic E-state index is 13.1. The van der Waals surface area contributed by atoms with Crippen LogP contribution >= 0.6 is 0 Å². The molecule has 94 heavy (non-hydrogen) atoms. The standard InChI is InChI=1S/C83H159NO10/c1-3-5-7-9-11-13-15-17-46-49-53-57-61-65-69-76(86)75(74-93-83-82(91)81(90)80(89)77(73-85)94-83)84-78(87)70-66-62-58-54-50-47-43-41-39-37-35-33-31-29-27-25-23-21-19-18-20-22-24-26-28-30-32-34-36-38-40-42-44-48-52-56-60-64-68-72-92-79(88)71-67-63-59-55-51-45-16-14-12-10-8-6-4-2/h14,16,65,69,75-77,80-83,85-86,89-91H,3-13,15,17-64,66-68,70-74H2,1-2H3,(H,84,87)/b16-14-,69-65+. The summed E-state index contributed by atoms with van der Waals surface area (Å²) in [5.41, 5.74) is 0. The number of carbonyl (C=O) groups excluding carboxylic acids is 2. The molecule has 6 N–H and O–H groups in total. The Morgan fingerprint density at radius 3 is 1.03 bits per heavy atom. The zero-order valence-corrected chi connectivity index (χ0v) is 62.2. The number of esters is 1. The first kappa shape index (κ1) is 90.2. The molecule has 0 saturated carbocycles. The maximum Gasteiger partial charge on any atom is 0.305 e. The Kier molecular flexibility index (Phi) is 69.4. The van der Waals surface area contributed by atoms with Crippen LogP contribution in [0.4, 0.5) is 0 Å². The number of ether oxygens (including phenoxy) is 3. The van der Waals surface area contributed by atoms with Gasteiger partial charge in [-0.15, -0.1) is 0 Å². The number of carbonyl (C=O) groups is 2. The molecular formula is C83H159NO10. The highest BCUT2D eigenvalue weighted by atomic mass is 16.7. The number of unbranched alkanes of at least 4 members (excludes halogenated alkanes) is 59. The summed E-state index contributed by atoms with van der Waals surface area (Å²) >= 11 is 0. The van der Waals surface area contributed by atoms with Crippen LogP contribution in [0.1, 0.15) is 431 Å². The molecule has 0 radical (unpaired) electrons. The second-order valence-corrected chi connectivity index (χ2v) is 29.2. The summed E-state index contributed by atoms with van der Waals surface area (Å²) in [5, 5.41) is 54.6. The fourth-order valence-corrected chi connectivity index (χ4v) is 13.6. The summed E-state index contributed by atoms with van der Waals surface area (Å²) in [5.74, 6) is -0.162. The molecule has 1 aliphatic heterocycles. The third-order valence-electron chi connectivity index (χ3n) is 20.1. The van der Waals surface area contributed by atoms with E-state index in [9.17, 15) is 35.1 Å². The summed E-state index contributed by atoms with van der Waals surface area (Å²) in [7, 11) is 0. The van der Waals surface area contributed by atoms with E-state index in [1.165, 1.54) is 347 Å². The average Bonchev–Trinajstić information content (AvgIpc) is 0.844. The minimum atomic E-state index is -1.57. The Hall–Kier alpha value is -1.86. The predicted molar refractivity (Wildman–Crippen MR) is 398 cm³/mol. The van der Waals surface area contributed by atoms with E-state index in [1.54, 1.807) is 6.08 Å². The van der Waals surface area contributed by atoms with Gasteiger partial charge in [-0.05, 0) is 57.8 Å². The van der Waals surface area contributed by atoms with Crippen LogP contribution in [0.2, 0.25) is 0 Å². The molecule has 1 fully saturated rings. The zero-order chi connectivity index (χ0) is 67.9. The van der Waals surface area contributed by atoms with Crippen LogP contribution in [0.5, 0.6) is 0 Å². The van der Waals surface area contributed by atoms with Crippen molar-refractivity contribution in [1.82, 2.24) is 5.32 Å². The smallest absolute Gasteiger partial charge is 0.305 e. The molecule has 1 saturated heterocycles. The molecule has 7 atom stereocenters. The lowest BCUT2D eigenvalue weighted by atomic mass is 9.99. The van der Waals surface area contributed by atoms with Crippen LogP contribution in [0, 0.1) is 0 Å². The van der Waals surface area contributed by atoms with Gasteiger partial charge in [-0.25, -0.2) is 0 Å². The van der Waals surface area contributed by atoms with E-state index in [0.717, 1.165) is 57.8 Å². The van der Waals surface area contributed by atoms with Crippen LogP contribution < -0.4 is 5.32 Å². The molecule has 0 aromatic carbocycles. The molecule has 0 aromatic heterocycles. The fourth-order valence-electron chi connectivity index (χ4n) is 13.6. The molecule has 11 nitrogen and oxygen atoms in total. The largest absolute Gasteiger partial charge is 0.466 e. The van der Waals surface area contributed by atoms with Crippen LogP contribution in [0.3, 0.4) is 0 Å². The summed E-state index contributed by atoms with van der Waals surface area (Å²) in [6.45, 7) is 4.39. The van der Waals surface area contributed by atoms with Gasteiger partial charge in [0.05, 0.1) is 32.0 Å². The minimum Gasteiger partial charge on any atom is -0.466 e. The molecular weight excluding hydrogens is 1170 g/mol. The zero-order valence-electron chi connectivity index (χ0n) is 62.2. The van der Waals surface area contributed by atoms with Crippen molar-refractivity contribution in [3.05, 3.63) is 24.3 Å². The van der Waals surface area contributed by atoms with Gasteiger partial charge < -0.3 is 45.1 Å². The molecule has 0 aromatic rings. The lowest BCUT2D eigenvalue weighted by molar-refractivity contribution is -0.302. The second-order valence-electron chi connectivity index (χ2n) is 29.2. The number of amides is 1. The van der Waals surface area contributed by atoms with E-state index >= 15 is 0 Å². The lowest BCUT2D eigenvalue weighted by Gasteiger charge is -2.40. The number of nitrogens with one attached hydrogen (secondary N) is 1. The average molecular weight is 1330 g/mol. The Labute approximate surface area is 581 Å². The van der Waals surface area contributed by atoms with Crippen molar-refractivity contribution in [3.8, 4) is 0 Å². The van der Waals surface area contributed by atoms with E-state index in [0.29, 0.717) is 19.4 Å². The quantitative estimate of drug-likeness (QED) is 0.0195. The molecule has 1 amide bonds. The fraction of sp³-hybridized carbons (Fsp3) is 0.928. The number of allylic oxidation sites excluding steroid dienone is 3. The molecule has 0 bridgehead atoms. The van der Waals surface area contributed by atoms with Crippen molar-refractivity contribution in [1.29, 1.82) is 0 Å². The molecule has 0 aliphatic carbocycles. The van der Waals surface area contributed by atoms with Crippen molar-refractivity contribution in [2.75, 3.05) is 19.8 Å². The number of hydrogen-bond acceptors (Lipinski definition) is 10. The highest BCUT2D eigenvalue weighted by Crippen LogP contribution is 2.24. The van der Waals surface area contributed by atoms with Gasteiger partial charge >= 0.3 is 5.97 Å². The van der Waals surface area contributed by atoms with Gasteiger partial charge in [0.1, 0.15) is 24.4 Å². The SMILES string of the molecule is CCCCCC/C=C\CCCCCCCC(=O)OCCCCCCCCCCCCCCCCCCCCCCCCCCCCCCCCCCCCCCCCCC(=O)NC(COC1OC(CO)C(O)C(O)C1O)C(O)/C=C/CCCCCCCCCCCCCC. The first-order chi connectivity index (χ1) is 46.2. The summed E-state index contributed by atoms with van der Waals surface area (Å²) in [6.07, 6.45) is 83.7. The molecule has 0 spiro atoms. The van der Waals surface area contributed by atoms with Crippen LogP contribution in [0.25, 0.3) is 0 Å². The van der Waals surface area contributed by atoms with Crippen molar-refractivity contribution >= 4 is 11.9 Å². The second kappa shape index (κ2) is 72.4. The first-order valence-electron chi connectivity index (χ1n) is 41.6. The predicted octanol–water partition coefficient (Wildman–Crippen LogP) is 22.7. The number of aliphatic hydroxyl groups is 5. The normalized spacial score (nSPS) is 17.5. The topological polar surface area (TPSA) is 175 Å². The van der Waals surface area contributed by atoms with Crippen LogP contribution in [-0.2, 0) is 23.8 Å². The van der Waals surface area contributed by atoms with Crippen LogP contribution in [-0.4, -0.2) is 100 Å². The molecule has 1 heterocycles. The van der Waals surface area contributed by atoms with Crippen molar-refractivity contribution < 1.29 is 49.3 Å². The van der Waals surface area contributed by atoms with E-state index in [2.05, 4.69) is 31.3 Å². The Morgan fingerprint density at radius 1 is 0.383 bits per heavy atom. The lowest BCUT2D eigenvalue weighted by Crippen LogP contribution is -2.60. The van der Waals surface area contributed by atoms with Gasteiger partial charge in [-0.2, -0.15) is 0 Å². The Morgan fingerprint density at radius 2 is 0.681 bits per heavy atom. The molecule has 1 aliphatic rings. The number of aliphatic hydroxyl groups excluding tert-OH is 5. The molecule has 7 unspecified atom stereocenters. The first-order valence-corrected chi connectivity index (χ1v) is 41.6. The van der Waals surface area contributed by atoms with Crippen LogP contribution in [0.15, 0.2) is 24.3 Å². The van der Waals surface area contributed by atoms with Crippen molar-refractivity contribution in [2.24, 2.45) is 0 Å². The number of rotatable bonds is 75. The van der Waals surface area contributed by atoms with E-state index in [-0.39, 0.29) is 18.5 Å². The third-order valence-corrected chi connectivity index (χ3v) is 20.1. The van der Waals surface area contributed by atoms with Gasteiger partial charge in [0, 0.05) is 12.8 Å². The summed E-state index contributed by atoms with van der Waals surface area (Å²) in [6, 6.07) is -0.805. The Bertz CT molecular complexity index is 1610. The summed E-state index contributed by atoms with van der Waals surface area (Å²) in [4.78, 5) is 25.2. The van der Waals surface area contributed by atoms with Crippen molar-refractivity contribution in [2.45, 2.75) is 474 Å². The number of hydrogen-bond donors (Lipinski definition) is 6. The monoisotopic (exact) mass is 1330 g/mol. The molecule has 556 valence electrons. The minimum absolute atomic E-state index is 0.00988. The Balaban J connectivity index is 1.88. The van der Waals surface area contributed by atoms with Gasteiger partial charge in [-0.3, -0.25) is 9.59 Å². The van der Waals surface area contributed by atoms with Gasteiger partial charge in [-0.1, -0.05) is 385 Å². The van der Waals surface area contributed by atoms with Gasteiger partial charge in [0.2, 0.25) is 5.91 Å². The van der Waals surface area contributed by atoms with E-state index in [4.69, 9.17) is 14.2 Å². The van der Waals surface area contributed by atoms with E-state index in [1.807, 2.05) is 6.08 Å². The molecule has 11 heteroatoms. The maximum absolute atomic E-state index is 13.1. The highest BCUT2D eigenvalue weighted by molar-refractivity contribution is 5.76.